The summed E-state index contributed by atoms with van der Waals surface area (Å²) in [4.78, 5) is 36.3. The maximum atomic E-state index is 12.3. The van der Waals surface area contributed by atoms with Crippen molar-refractivity contribution in [3.05, 3.63) is 96.1 Å². The fourth-order valence-corrected chi connectivity index (χ4v) is 2.45. The number of para-hydroxylation sites is 1. The molecule has 0 aromatic heterocycles. The monoisotopic (exact) mass is 404 g/mol. The van der Waals surface area contributed by atoms with Gasteiger partial charge in [-0.3, -0.25) is 20.4 Å². The first-order valence-corrected chi connectivity index (χ1v) is 9.22. The predicted octanol–water partition coefficient (Wildman–Crippen LogP) is 3.49. The summed E-state index contributed by atoms with van der Waals surface area (Å²) in [5, 5.41) is 0. The summed E-state index contributed by atoms with van der Waals surface area (Å²) in [6.45, 7) is 1.41. The predicted molar refractivity (Wildman–Crippen MR) is 110 cm³/mol. The molecule has 0 aliphatic heterocycles. The molecule has 0 saturated heterocycles. The molecule has 0 aliphatic rings. The van der Waals surface area contributed by atoms with Crippen LogP contribution in [0.4, 0.5) is 0 Å². The number of carbonyl (C=O) groups excluding carboxylic acids is 3. The smallest absolute Gasteiger partial charge is 0.338 e. The molecule has 0 aliphatic carbocycles. The maximum absolute atomic E-state index is 12.3. The number of benzene rings is 3. The van der Waals surface area contributed by atoms with Crippen LogP contribution >= 0.6 is 0 Å². The fourth-order valence-electron chi connectivity index (χ4n) is 2.45. The number of hydrogen-bond acceptors (Lipinski definition) is 5. The molecule has 1 atom stereocenters. The summed E-state index contributed by atoms with van der Waals surface area (Å²) in [7, 11) is 0. The Kier molecular flexibility index (Phi) is 6.78. The van der Waals surface area contributed by atoms with E-state index in [4.69, 9.17) is 9.47 Å². The minimum atomic E-state index is -1.10. The van der Waals surface area contributed by atoms with E-state index in [1.165, 1.54) is 6.92 Å². The fraction of sp³-hybridized carbons (Fsp3) is 0.0870. The molecule has 7 nitrogen and oxygen atoms in total. The van der Waals surface area contributed by atoms with Crippen LogP contribution in [0.5, 0.6) is 11.5 Å². The maximum Gasteiger partial charge on any atom is 0.338 e. The molecule has 0 radical (unpaired) electrons. The van der Waals surface area contributed by atoms with E-state index >= 15 is 0 Å². The van der Waals surface area contributed by atoms with Gasteiger partial charge in [-0.1, -0.05) is 36.4 Å². The average molecular weight is 404 g/mol. The highest BCUT2D eigenvalue weighted by atomic mass is 16.5. The molecular weight excluding hydrogens is 384 g/mol. The van der Waals surface area contributed by atoms with Crippen LogP contribution in [0.3, 0.4) is 0 Å². The van der Waals surface area contributed by atoms with Crippen LogP contribution in [0, 0.1) is 0 Å². The average Bonchev–Trinajstić information content (AvgIpc) is 2.79. The number of nitrogens with one attached hydrogen (secondary N) is 2. The molecule has 30 heavy (non-hydrogen) atoms. The van der Waals surface area contributed by atoms with E-state index in [0.29, 0.717) is 17.1 Å². The highest BCUT2D eigenvalue weighted by Crippen LogP contribution is 2.21. The van der Waals surface area contributed by atoms with Gasteiger partial charge in [-0.25, -0.2) is 4.79 Å². The SMILES string of the molecule is C[C@H](OC(=O)c1ccc(Oc2ccccc2)cc1)C(=O)NNC(=O)c1ccccc1. The van der Waals surface area contributed by atoms with Crippen LogP contribution in [-0.2, 0) is 9.53 Å². The number of hydrazine groups is 1. The number of amides is 2. The van der Waals surface area contributed by atoms with Crippen molar-refractivity contribution < 1.29 is 23.9 Å². The van der Waals surface area contributed by atoms with Gasteiger partial charge in [-0.05, 0) is 55.5 Å². The van der Waals surface area contributed by atoms with Crippen molar-refractivity contribution in [2.75, 3.05) is 0 Å². The molecule has 2 N–H and O–H groups in total. The summed E-state index contributed by atoms with van der Waals surface area (Å²) in [5.41, 5.74) is 5.17. The minimum Gasteiger partial charge on any atom is -0.457 e. The molecule has 152 valence electrons. The molecule has 3 aromatic rings. The Balaban J connectivity index is 1.49. The molecule has 0 heterocycles. The van der Waals surface area contributed by atoms with Gasteiger partial charge < -0.3 is 9.47 Å². The van der Waals surface area contributed by atoms with Gasteiger partial charge >= 0.3 is 5.97 Å². The van der Waals surface area contributed by atoms with Crippen molar-refractivity contribution in [2.45, 2.75) is 13.0 Å². The largest absolute Gasteiger partial charge is 0.457 e. The first kappa shape index (κ1) is 20.6. The summed E-state index contributed by atoms with van der Waals surface area (Å²) < 4.78 is 10.8. The lowest BCUT2D eigenvalue weighted by atomic mass is 10.2. The Morgan fingerprint density at radius 1 is 0.700 bits per heavy atom. The summed E-state index contributed by atoms with van der Waals surface area (Å²) in [6, 6.07) is 24.0. The molecule has 0 fully saturated rings. The van der Waals surface area contributed by atoms with Crippen LogP contribution in [-0.4, -0.2) is 23.9 Å². The lowest BCUT2D eigenvalue weighted by molar-refractivity contribution is -0.129. The van der Waals surface area contributed by atoms with E-state index in [0.717, 1.165) is 0 Å². The normalized spacial score (nSPS) is 11.1. The topological polar surface area (TPSA) is 93.7 Å². The van der Waals surface area contributed by atoms with Crippen molar-refractivity contribution in [3.63, 3.8) is 0 Å². The van der Waals surface area contributed by atoms with Crippen LogP contribution in [0.2, 0.25) is 0 Å². The zero-order valence-electron chi connectivity index (χ0n) is 16.2. The second-order valence-corrected chi connectivity index (χ2v) is 6.30. The van der Waals surface area contributed by atoms with Gasteiger partial charge in [-0.2, -0.15) is 0 Å². The molecule has 3 aromatic carbocycles. The number of esters is 1. The molecule has 0 spiro atoms. The van der Waals surface area contributed by atoms with Crippen LogP contribution in [0.15, 0.2) is 84.9 Å². The lowest BCUT2D eigenvalue weighted by Crippen LogP contribution is -2.46. The third-order valence-corrected chi connectivity index (χ3v) is 4.06. The Morgan fingerprint density at radius 3 is 1.90 bits per heavy atom. The minimum absolute atomic E-state index is 0.267. The number of ether oxygens (including phenoxy) is 2. The Morgan fingerprint density at radius 2 is 1.27 bits per heavy atom. The first-order chi connectivity index (χ1) is 14.5. The summed E-state index contributed by atoms with van der Waals surface area (Å²) in [6.07, 6.45) is -1.10. The van der Waals surface area contributed by atoms with Crippen LogP contribution < -0.4 is 15.6 Å². The zero-order chi connectivity index (χ0) is 21.3. The van der Waals surface area contributed by atoms with Gasteiger partial charge in [-0.15, -0.1) is 0 Å². The van der Waals surface area contributed by atoms with E-state index in [2.05, 4.69) is 10.9 Å². The Labute approximate surface area is 173 Å². The summed E-state index contributed by atoms with van der Waals surface area (Å²) in [5.74, 6) is -0.561. The van der Waals surface area contributed by atoms with Gasteiger partial charge in [0, 0.05) is 5.56 Å². The first-order valence-electron chi connectivity index (χ1n) is 9.22. The van der Waals surface area contributed by atoms with E-state index in [-0.39, 0.29) is 5.56 Å². The van der Waals surface area contributed by atoms with E-state index in [1.54, 1.807) is 54.6 Å². The molecule has 0 saturated carbocycles. The third-order valence-electron chi connectivity index (χ3n) is 4.06. The van der Waals surface area contributed by atoms with Crippen molar-refractivity contribution in [2.24, 2.45) is 0 Å². The molecule has 0 bridgehead atoms. The molecule has 3 rings (SSSR count). The highest BCUT2D eigenvalue weighted by molar-refractivity contribution is 5.96. The van der Waals surface area contributed by atoms with E-state index in [1.807, 2.05) is 30.3 Å². The Bertz CT molecular complexity index is 1000. The quantitative estimate of drug-likeness (QED) is 0.485. The molecule has 7 heteroatoms. The van der Waals surface area contributed by atoms with Gasteiger partial charge in [0.1, 0.15) is 11.5 Å². The van der Waals surface area contributed by atoms with Crippen molar-refractivity contribution >= 4 is 17.8 Å². The standard InChI is InChI=1S/C23H20N2O5/c1-16(21(26)24-25-22(27)17-8-4-2-5-9-17)29-23(28)18-12-14-20(15-13-18)30-19-10-6-3-7-11-19/h2-16H,1H3,(H,24,26)(H,25,27)/t16-/m0/s1. The molecule has 0 unspecified atom stereocenters. The second kappa shape index (κ2) is 9.88. The van der Waals surface area contributed by atoms with Gasteiger partial charge in [0.15, 0.2) is 6.10 Å². The Hall–Kier alpha value is -4.13. The van der Waals surface area contributed by atoms with Crippen molar-refractivity contribution in [1.29, 1.82) is 0 Å². The summed E-state index contributed by atoms with van der Waals surface area (Å²) >= 11 is 0. The zero-order valence-corrected chi connectivity index (χ0v) is 16.2. The van der Waals surface area contributed by atoms with Crippen LogP contribution in [0.25, 0.3) is 0 Å². The number of rotatable bonds is 6. The number of hydrogen-bond donors (Lipinski definition) is 2. The van der Waals surface area contributed by atoms with Gasteiger partial charge in [0.2, 0.25) is 0 Å². The molecular formula is C23H20N2O5. The third kappa shape index (κ3) is 5.68. The van der Waals surface area contributed by atoms with E-state index in [9.17, 15) is 14.4 Å². The second-order valence-electron chi connectivity index (χ2n) is 6.30. The van der Waals surface area contributed by atoms with Crippen molar-refractivity contribution in [1.82, 2.24) is 10.9 Å². The van der Waals surface area contributed by atoms with Crippen LogP contribution in [0.1, 0.15) is 27.6 Å². The van der Waals surface area contributed by atoms with E-state index < -0.39 is 23.9 Å². The number of carbonyl (C=O) groups is 3. The lowest BCUT2D eigenvalue weighted by Gasteiger charge is -2.14. The highest BCUT2D eigenvalue weighted by Gasteiger charge is 2.19. The van der Waals surface area contributed by atoms with Crippen molar-refractivity contribution in [3.8, 4) is 11.5 Å². The van der Waals surface area contributed by atoms with Gasteiger partial charge in [0.25, 0.3) is 11.8 Å². The van der Waals surface area contributed by atoms with Gasteiger partial charge in [0.05, 0.1) is 5.56 Å². The molecule has 2 amide bonds.